The molecule has 2 aliphatic rings. The van der Waals surface area contributed by atoms with Crippen LogP contribution >= 0.6 is 0 Å². The Morgan fingerprint density at radius 2 is 1.73 bits per heavy atom. The minimum Gasteiger partial charge on any atom is -0.486 e. The highest BCUT2D eigenvalue weighted by Gasteiger charge is 2.35. The minimum atomic E-state index is -0.887. The van der Waals surface area contributed by atoms with Gasteiger partial charge in [0, 0.05) is 11.8 Å². The molecule has 22 heavy (non-hydrogen) atoms. The van der Waals surface area contributed by atoms with E-state index in [0.29, 0.717) is 43.2 Å². The van der Waals surface area contributed by atoms with Gasteiger partial charge in [0.25, 0.3) is 0 Å². The first-order valence-corrected chi connectivity index (χ1v) is 7.58. The molecule has 1 amide bonds. The predicted octanol–water partition coefficient (Wildman–Crippen LogP) is 2.29. The van der Waals surface area contributed by atoms with E-state index in [2.05, 4.69) is 5.32 Å². The Hall–Kier alpha value is -2.24. The number of benzene rings is 1. The molecule has 1 saturated carbocycles. The number of rotatable bonds is 3. The number of aliphatic carboxylic acids is 1. The second kappa shape index (κ2) is 6.25. The highest BCUT2D eigenvalue weighted by molar-refractivity contribution is 5.95. The normalized spacial score (nSPS) is 23.6. The molecule has 0 unspecified atom stereocenters. The number of hydrogen-bond acceptors (Lipinski definition) is 4. The molecule has 1 aliphatic heterocycles. The maximum Gasteiger partial charge on any atom is 0.307 e. The minimum absolute atomic E-state index is 0.233. The van der Waals surface area contributed by atoms with Gasteiger partial charge in [0.05, 0.1) is 11.8 Å². The molecular formula is C16H19NO5. The van der Waals surface area contributed by atoms with E-state index in [1.54, 1.807) is 18.2 Å². The Labute approximate surface area is 128 Å². The summed E-state index contributed by atoms with van der Waals surface area (Å²) in [4.78, 5) is 23.7. The van der Waals surface area contributed by atoms with Gasteiger partial charge >= 0.3 is 5.97 Å². The Kier molecular flexibility index (Phi) is 4.18. The molecule has 1 aromatic carbocycles. The third kappa shape index (κ3) is 3.00. The van der Waals surface area contributed by atoms with E-state index in [1.165, 1.54) is 0 Å². The highest BCUT2D eigenvalue weighted by atomic mass is 16.6. The topological polar surface area (TPSA) is 84.9 Å². The van der Waals surface area contributed by atoms with Gasteiger partial charge in [-0.15, -0.1) is 0 Å². The molecule has 0 spiro atoms. The quantitative estimate of drug-likeness (QED) is 0.895. The number of hydrogen-bond donors (Lipinski definition) is 2. The predicted molar refractivity (Wildman–Crippen MR) is 79.1 cm³/mol. The number of fused-ring (bicyclic) bond motifs is 1. The van der Waals surface area contributed by atoms with Gasteiger partial charge in [-0.1, -0.05) is 12.8 Å². The van der Waals surface area contributed by atoms with Crippen molar-refractivity contribution in [2.24, 2.45) is 11.8 Å². The van der Waals surface area contributed by atoms with Crippen molar-refractivity contribution < 1.29 is 24.2 Å². The van der Waals surface area contributed by atoms with Gasteiger partial charge in [0.2, 0.25) is 5.91 Å². The number of nitrogens with one attached hydrogen (secondary N) is 1. The second-order valence-electron chi connectivity index (χ2n) is 5.68. The Bertz CT molecular complexity index is 586. The van der Waals surface area contributed by atoms with Gasteiger partial charge in [-0.3, -0.25) is 9.59 Å². The number of ether oxygens (including phenoxy) is 2. The summed E-state index contributed by atoms with van der Waals surface area (Å²) in [6.07, 6.45) is 2.94. The molecule has 1 heterocycles. The van der Waals surface area contributed by atoms with Gasteiger partial charge in [0.15, 0.2) is 11.5 Å². The second-order valence-corrected chi connectivity index (χ2v) is 5.68. The molecule has 0 saturated heterocycles. The van der Waals surface area contributed by atoms with E-state index in [1.807, 2.05) is 0 Å². The van der Waals surface area contributed by atoms with Gasteiger partial charge < -0.3 is 19.9 Å². The van der Waals surface area contributed by atoms with Crippen LogP contribution in [0.1, 0.15) is 25.7 Å². The average Bonchev–Trinajstić information content (AvgIpc) is 2.54. The first-order chi connectivity index (χ1) is 10.6. The number of anilines is 1. The zero-order chi connectivity index (χ0) is 15.5. The van der Waals surface area contributed by atoms with Crippen LogP contribution in [-0.2, 0) is 9.59 Å². The first-order valence-electron chi connectivity index (χ1n) is 7.58. The maximum atomic E-state index is 12.4. The number of carbonyl (C=O) groups excluding carboxylic acids is 1. The van der Waals surface area contributed by atoms with Crippen molar-refractivity contribution in [1.82, 2.24) is 0 Å². The van der Waals surface area contributed by atoms with Crippen LogP contribution in [0, 0.1) is 11.8 Å². The lowest BCUT2D eigenvalue weighted by Gasteiger charge is -2.27. The molecule has 0 bridgehead atoms. The zero-order valence-electron chi connectivity index (χ0n) is 12.2. The van der Waals surface area contributed by atoms with E-state index >= 15 is 0 Å². The van der Waals surface area contributed by atoms with Crippen molar-refractivity contribution in [3.63, 3.8) is 0 Å². The Morgan fingerprint density at radius 1 is 1.05 bits per heavy atom. The largest absolute Gasteiger partial charge is 0.486 e. The van der Waals surface area contributed by atoms with Crippen LogP contribution in [-0.4, -0.2) is 30.2 Å². The van der Waals surface area contributed by atoms with Crippen LogP contribution in [0.15, 0.2) is 18.2 Å². The number of amides is 1. The summed E-state index contributed by atoms with van der Waals surface area (Å²) in [5, 5.41) is 12.1. The van der Waals surface area contributed by atoms with E-state index < -0.39 is 17.8 Å². The third-order valence-corrected chi connectivity index (χ3v) is 4.23. The monoisotopic (exact) mass is 305 g/mol. The number of carboxylic acid groups (broad SMARTS) is 1. The molecule has 1 aromatic rings. The summed E-state index contributed by atoms with van der Waals surface area (Å²) in [5.74, 6) is -0.927. The molecule has 2 N–H and O–H groups in total. The molecule has 1 aliphatic carbocycles. The lowest BCUT2D eigenvalue weighted by Crippen LogP contribution is -2.36. The fourth-order valence-electron chi connectivity index (χ4n) is 3.10. The van der Waals surface area contributed by atoms with Crippen molar-refractivity contribution in [3.8, 4) is 11.5 Å². The lowest BCUT2D eigenvalue weighted by atomic mass is 9.78. The average molecular weight is 305 g/mol. The van der Waals surface area contributed by atoms with E-state index in [-0.39, 0.29) is 5.91 Å². The lowest BCUT2D eigenvalue weighted by molar-refractivity contribution is -0.147. The van der Waals surface area contributed by atoms with Gasteiger partial charge in [0.1, 0.15) is 13.2 Å². The maximum absolute atomic E-state index is 12.4. The van der Waals surface area contributed by atoms with Gasteiger partial charge in [-0.25, -0.2) is 0 Å². The van der Waals surface area contributed by atoms with Crippen molar-refractivity contribution in [2.45, 2.75) is 25.7 Å². The molecule has 2 atom stereocenters. The van der Waals surface area contributed by atoms with Crippen molar-refractivity contribution in [1.29, 1.82) is 0 Å². The third-order valence-electron chi connectivity index (χ3n) is 4.23. The van der Waals surface area contributed by atoms with E-state index in [0.717, 1.165) is 12.8 Å². The van der Waals surface area contributed by atoms with E-state index in [4.69, 9.17) is 9.47 Å². The molecule has 3 rings (SSSR count). The van der Waals surface area contributed by atoms with Crippen LogP contribution in [0.2, 0.25) is 0 Å². The van der Waals surface area contributed by atoms with Gasteiger partial charge in [-0.05, 0) is 25.0 Å². The summed E-state index contributed by atoms with van der Waals surface area (Å²) in [6, 6.07) is 5.20. The Balaban J connectivity index is 1.71. The number of carboxylic acids is 1. The molecule has 118 valence electrons. The molecular weight excluding hydrogens is 286 g/mol. The summed E-state index contributed by atoms with van der Waals surface area (Å²) < 4.78 is 10.9. The fraction of sp³-hybridized carbons (Fsp3) is 0.500. The smallest absolute Gasteiger partial charge is 0.307 e. The standard InChI is InChI=1S/C16H19NO5/c18-15(11-3-1-2-4-12(11)16(19)20)17-10-5-6-13-14(9-10)22-8-7-21-13/h5-6,9,11-12H,1-4,7-8H2,(H,17,18)(H,19,20)/t11-,12+/m1/s1. The van der Waals surface area contributed by atoms with Crippen LogP contribution in [0.3, 0.4) is 0 Å². The highest BCUT2D eigenvalue weighted by Crippen LogP contribution is 2.34. The molecule has 6 nitrogen and oxygen atoms in total. The number of carbonyl (C=O) groups is 2. The van der Waals surface area contributed by atoms with E-state index in [9.17, 15) is 14.7 Å². The summed E-state index contributed by atoms with van der Waals surface area (Å²) >= 11 is 0. The SMILES string of the molecule is O=C(O)[C@H]1CCCC[C@H]1C(=O)Nc1ccc2c(c1)OCCO2. The molecule has 0 radical (unpaired) electrons. The summed E-state index contributed by atoms with van der Waals surface area (Å²) in [6.45, 7) is 0.995. The van der Waals surface area contributed by atoms with Crippen molar-refractivity contribution >= 4 is 17.6 Å². The van der Waals surface area contributed by atoms with Crippen LogP contribution in [0.5, 0.6) is 11.5 Å². The van der Waals surface area contributed by atoms with Crippen LogP contribution < -0.4 is 14.8 Å². The van der Waals surface area contributed by atoms with Crippen LogP contribution in [0.4, 0.5) is 5.69 Å². The first kappa shape index (κ1) is 14.7. The summed E-state index contributed by atoms with van der Waals surface area (Å²) in [7, 11) is 0. The van der Waals surface area contributed by atoms with Crippen LogP contribution in [0.25, 0.3) is 0 Å². The summed E-state index contributed by atoms with van der Waals surface area (Å²) in [5.41, 5.74) is 0.601. The van der Waals surface area contributed by atoms with Crippen molar-refractivity contribution in [3.05, 3.63) is 18.2 Å². The van der Waals surface area contributed by atoms with Crippen molar-refractivity contribution in [2.75, 3.05) is 18.5 Å². The Morgan fingerprint density at radius 3 is 2.45 bits per heavy atom. The van der Waals surface area contributed by atoms with Gasteiger partial charge in [-0.2, -0.15) is 0 Å². The molecule has 1 fully saturated rings. The fourth-order valence-corrected chi connectivity index (χ4v) is 3.10. The molecule has 0 aromatic heterocycles. The zero-order valence-corrected chi connectivity index (χ0v) is 12.2. The molecule has 6 heteroatoms.